The molecular weight excluding hydrogens is 259 g/mol. The summed E-state index contributed by atoms with van der Waals surface area (Å²) in [6.07, 6.45) is 1.19. The van der Waals surface area contributed by atoms with Gasteiger partial charge in [0.2, 0.25) is 0 Å². The van der Waals surface area contributed by atoms with Crippen LogP contribution < -0.4 is 0 Å². The summed E-state index contributed by atoms with van der Waals surface area (Å²) in [7, 11) is 1.77. The van der Waals surface area contributed by atoms with Gasteiger partial charge < -0.3 is 4.90 Å². The molecule has 17 heavy (non-hydrogen) atoms. The Balaban J connectivity index is 2.10. The Labute approximate surface area is 111 Å². The first-order chi connectivity index (χ1) is 7.99. The van der Waals surface area contributed by atoms with Crippen molar-refractivity contribution in [3.8, 4) is 0 Å². The maximum absolute atomic E-state index is 12.1. The van der Waals surface area contributed by atoms with Crippen LogP contribution in [-0.4, -0.2) is 29.4 Å². The molecule has 0 N–H and O–H groups in total. The van der Waals surface area contributed by atoms with Gasteiger partial charge in [-0.25, -0.2) is 4.98 Å². The van der Waals surface area contributed by atoms with Crippen molar-refractivity contribution in [1.82, 2.24) is 9.88 Å². The normalized spacial score (nSPS) is 22.4. The molecule has 0 saturated heterocycles. The summed E-state index contributed by atoms with van der Waals surface area (Å²) in [4.78, 5) is 17.8. The van der Waals surface area contributed by atoms with E-state index in [-0.39, 0.29) is 16.8 Å². The van der Waals surface area contributed by atoms with Crippen molar-refractivity contribution in [1.29, 1.82) is 0 Å². The number of hydrogen-bond acceptors (Lipinski definition) is 2. The van der Waals surface area contributed by atoms with Gasteiger partial charge in [-0.2, -0.15) is 0 Å². The monoisotopic (exact) mass is 272 g/mol. The summed E-state index contributed by atoms with van der Waals surface area (Å²) in [5, 5.41) is 0.626. The van der Waals surface area contributed by atoms with E-state index in [1.54, 1.807) is 24.1 Å². The highest BCUT2D eigenvalue weighted by molar-refractivity contribution is 6.34. The molecule has 92 valence electrons. The molecule has 1 amide bonds. The lowest BCUT2D eigenvalue weighted by atomic mass is 10.3. The van der Waals surface area contributed by atoms with Gasteiger partial charge >= 0.3 is 0 Å². The predicted molar refractivity (Wildman–Crippen MR) is 68.5 cm³/mol. The van der Waals surface area contributed by atoms with Crippen LogP contribution in [0.5, 0.6) is 0 Å². The minimum absolute atomic E-state index is 0.170. The second-order valence-electron chi connectivity index (χ2n) is 4.62. The number of aromatic nitrogens is 1. The summed E-state index contributed by atoms with van der Waals surface area (Å²) in [5.74, 6) is 1.16. The van der Waals surface area contributed by atoms with E-state index in [4.69, 9.17) is 23.2 Å². The van der Waals surface area contributed by atoms with Crippen LogP contribution in [0, 0.1) is 11.8 Å². The highest BCUT2D eigenvalue weighted by Gasteiger charge is 2.34. The van der Waals surface area contributed by atoms with E-state index in [9.17, 15) is 4.79 Å². The Morgan fingerprint density at radius 3 is 2.76 bits per heavy atom. The van der Waals surface area contributed by atoms with Crippen molar-refractivity contribution in [2.24, 2.45) is 11.8 Å². The lowest BCUT2D eigenvalue weighted by Crippen LogP contribution is -2.30. The van der Waals surface area contributed by atoms with Gasteiger partial charge in [0.25, 0.3) is 5.91 Å². The zero-order chi connectivity index (χ0) is 12.6. The Kier molecular flexibility index (Phi) is 3.59. The van der Waals surface area contributed by atoms with E-state index >= 15 is 0 Å². The van der Waals surface area contributed by atoms with Crippen molar-refractivity contribution in [2.75, 3.05) is 13.6 Å². The van der Waals surface area contributed by atoms with Crippen LogP contribution >= 0.6 is 23.2 Å². The van der Waals surface area contributed by atoms with E-state index in [0.717, 1.165) is 6.54 Å². The number of hydrogen-bond donors (Lipinski definition) is 0. The number of pyridine rings is 1. The maximum atomic E-state index is 12.1. The van der Waals surface area contributed by atoms with Gasteiger partial charge in [-0.05, 0) is 30.4 Å². The van der Waals surface area contributed by atoms with Crippen molar-refractivity contribution in [3.05, 3.63) is 28.0 Å². The minimum Gasteiger partial charge on any atom is -0.340 e. The Hall–Kier alpha value is -0.800. The van der Waals surface area contributed by atoms with Crippen LogP contribution in [0.15, 0.2) is 12.1 Å². The van der Waals surface area contributed by atoms with E-state index in [2.05, 4.69) is 11.9 Å². The molecule has 5 heteroatoms. The maximum Gasteiger partial charge on any atom is 0.273 e. The molecule has 2 rings (SSSR count). The molecule has 0 aromatic carbocycles. The Morgan fingerprint density at radius 2 is 2.18 bits per heavy atom. The number of halogens is 2. The molecule has 2 unspecified atom stereocenters. The van der Waals surface area contributed by atoms with Gasteiger partial charge in [0.15, 0.2) is 0 Å². The van der Waals surface area contributed by atoms with E-state index in [1.165, 1.54) is 6.42 Å². The summed E-state index contributed by atoms with van der Waals surface area (Å²) in [6, 6.07) is 3.17. The average molecular weight is 273 g/mol. The van der Waals surface area contributed by atoms with Crippen LogP contribution in [0.1, 0.15) is 23.8 Å². The third-order valence-corrected chi connectivity index (χ3v) is 3.66. The SMILES string of the molecule is CC1CC1CN(C)C(=O)c1nc(Cl)ccc1Cl. The first-order valence-corrected chi connectivity index (χ1v) is 6.32. The molecule has 0 radical (unpaired) electrons. The number of carbonyl (C=O) groups is 1. The first kappa shape index (κ1) is 12.7. The van der Waals surface area contributed by atoms with E-state index in [0.29, 0.717) is 16.9 Å². The zero-order valence-corrected chi connectivity index (χ0v) is 11.3. The van der Waals surface area contributed by atoms with Crippen molar-refractivity contribution < 1.29 is 4.79 Å². The molecule has 0 bridgehead atoms. The van der Waals surface area contributed by atoms with Crippen LogP contribution in [0.3, 0.4) is 0 Å². The van der Waals surface area contributed by atoms with Gasteiger partial charge in [-0.3, -0.25) is 4.79 Å². The third kappa shape index (κ3) is 2.90. The second-order valence-corrected chi connectivity index (χ2v) is 5.42. The fourth-order valence-electron chi connectivity index (χ4n) is 1.84. The molecule has 3 nitrogen and oxygen atoms in total. The van der Waals surface area contributed by atoms with Gasteiger partial charge in [0.1, 0.15) is 10.8 Å². The van der Waals surface area contributed by atoms with E-state index in [1.807, 2.05) is 0 Å². The standard InChI is InChI=1S/C12H14Cl2N2O/c1-7-5-8(7)6-16(2)12(17)11-9(13)3-4-10(14)15-11/h3-4,7-8H,5-6H2,1-2H3. The van der Waals surface area contributed by atoms with Crippen molar-refractivity contribution >= 4 is 29.1 Å². The van der Waals surface area contributed by atoms with Crippen molar-refractivity contribution in [2.45, 2.75) is 13.3 Å². The molecule has 1 aliphatic rings. The van der Waals surface area contributed by atoms with Crippen LogP contribution in [0.2, 0.25) is 10.2 Å². The zero-order valence-electron chi connectivity index (χ0n) is 9.78. The van der Waals surface area contributed by atoms with Gasteiger partial charge in [-0.1, -0.05) is 30.1 Å². The lowest BCUT2D eigenvalue weighted by Gasteiger charge is -2.17. The third-order valence-electron chi connectivity index (χ3n) is 3.15. The highest BCUT2D eigenvalue weighted by Crippen LogP contribution is 2.38. The molecule has 1 saturated carbocycles. The summed E-state index contributed by atoms with van der Waals surface area (Å²) in [5.41, 5.74) is 0.231. The molecule has 1 heterocycles. The highest BCUT2D eigenvalue weighted by atomic mass is 35.5. The largest absolute Gasteiger partial charge is 0.340 e. The fraction of sp³-hybridized carbons (Fsp3) is 0.500. The predicted octanol–water partition coefficient (Wildman–Crippen LogP) is 3.12. The topological polar surface area (TPSA) is 33.2 Å². The number of carbonyl (C=O) groups excluding carboxylic acids is 1. The molecule has 2 atom stereocenters. The second kappa shape index (κ2) is 4.83. The number of rotatable bonds is 3. The number of nitrogens with zero attached hydrogens (tertiary/aromatic N) is 2. The summed E-state index contributed by atoms with van der Waals surface area (Å²) in [6.45, 7) is 2.94. The average Bonchev–Trinajstić information content (AvgIpc) is 2.96. The summed E-state index contributed by atoms with van der Waals surface area (Å²) >= 11 is 11.7. The van der Waals surface area contributed by atoms with Crippen LogP contribution in [-0.2, 0) is 0 Å². The minimum atomic E-state index is -0.170. The molecule has 0 aliphatic heterocycles. The fourth-order valence-corrected chi connectivity index (χ4v) is 2.17. The smallest absolute Gasteiger partial charge is 0.273 e. The van der Waals surface area contributed by atoms with Crippen LogP contribution in [0.4, 0.5) is 0 Å². The van der Waals surface area contributed by atoms with Crippen LogP contribution in [0.25, 0.3) is 0 Å². The van der Waals surface area contributed by atoms with Gasteiger partial charge in [0.05, 0.1) is 5.02 Å². The quantitative estimate of drug-likeness (QED) is 0.793. The molecule has 0 spiro atoms. The molecule has 1 aromatic rings. The molecule has 1 fully saturated rings. The Morgan fingerprint density at radius 1 is 1.53 bits per heavy atom. The Bertz CT molecular complexity index is 450. The summed E-state index contributed by atoms with van der Waals surface area (Å²) < 4.78 is 0. The van der Waals surface area contributed by atoms with Gasteiger partial charge in [0, 0.05) is 13.6 Å². The molecule has 1 aromatic heterocycles. The van der Waals surface area contributed by atoms with E-state index < -0.39 is 0 Å². The molecular formula is C12H14Cl2N2O. The van der Waals surface area contributed by atoms with Gasteiger partial charge in [-0.15, -0.1) is 0 Å². The number of amides is 1. The molecule has 1 aliphatic carbocycles. The van der Waals surface area contributed by atoms with Crippen molar-refractivity contribution in [3.63, 3.8) is 0 Å². The lowest BCUT2D eigenvalue weighted by molar-refractivity contribution is 0.0781. The first-order valence-electron chi connectivity index (χ1n) is 5.56.